The van der Waals surface area contributed by atoms with Crippen LogP contribution in [0.2, 0.25) is 0 Å². The molecule has 0 aliphatic carbocycles. The quantitative estimate of drug-likeness (QED) is 0.188. The SMILES string of the molecule is NC(=O)c1cccnc1.O=C(O)CC(O)(CC(=O)O)C(=O)O.OC[C@H]1O[C@@H](O)[C@H](O)[C@@H]1O. The third-order valence-electron chi connectivity index (χ3n) is 3.75. The Morgan fingerprint density at radius 2 is 1.56 bits per heavy atom. The zero-order chi connectivity index (χ0) is 25.1. The van der Waals surface area contributed by atoms with Crippen LogP contribution in [0.15, 0.2) is 24.5 Å². The molecule has 1 fully saturated rings. The largest absolute Gasteiger partial charge is 0.481 e. The lowest BCUT2D eigenvalue weighted by molar-refractivity contribution is -0.170. The number of ether oxygens (including phenoxy) is 1. The molecule has 1 aliphatic rings. The Balaban J connectivity index is 0.000000458. The van der Waals surface area contributed by atoms with E-state index >= 15 is 0 Å². The van der Waals surface area contributed by atoms with E-state index in [0.29, 0.717) is 5.56 Å². The Hall–Kier alpha value is -3.21. The number of pyridine rings is 1. The minimum absolute atomic E-state index is 0.407. The summed E-state index contributed by atoms with van der Waals surface area (Å²) in [5, 5.41) is 68.8. The van der Waals surface area contributed by atoms with Gasteiger partial charge in [-0.25, -0.2) is 4.79 Å². The number of rotatable bonds is 7. The van der Waals surface area contributed by atoms with Gasteiger partial charge in [-0.15, -0.1) is 0 Å². The molecule has 15 heteroatoms. The summed E-state index contributed by atoms with van der Waals surface area (Å²) in [5.41, 5.74) is 2.64. The van der Waals surface area contributed by atoms with Crippen LogP contribution in [0.3, 0.4) is 0 Å². The van der Waals surface area contributed by atoms with Crippen LogP contribution in [0.4, 0.5) is 0 Å². The molecule has 10 N–H and O–H groups in total. The molecule has 1 aromatic rings. The van der Waals surface area contributed by atoms with Gasteiger partial charge in [0.25, 0.3) is 0 Å². The van der Waals surface area contributed by atoms with Gasteiger partial charge in [0.1, 0.15) is 18.3 Å². The van der Waals surface area contributed by atoms with Crippen molar-refractivity contribution in [2.75, 3.05) is 6.61 Å². The number of aromatic nitrogens is 1. The van der Waals surface area contributed by atoms with E-state index in [1.807, 2.05) is 0 Å². The van der Waals surface area contributed by atoms with Gasteiger partial charge < -0.3 is 51.3 Å². The Morgan fingerprint density at radius 1 is 1.03 bits per heavy atom. The fourth-order valence-electron chi connectivity index (χ4n) is 2.10. The summed E-state index contributed by atoms with van der Waals surface area (Å²) < 4.78 is 4.54. The van der Waals surface area contributed by atoms with E-state index < -0.39 is 73.5 Å². The Bertz CT molecular complexity index is 757. The van der Waals surface area contributed by atoms with Crippen molar-refractivity contribution in [2.24, 2.45) is 5.73 Å². The number of hydrogen-bond donors (Lipinski definition) is 9. The fraction of sp³-hybridized carbons (Fsp3) is 0.471. The van der Waals surface area contributed by atoms with Gasteiger partial charge in [0, 0.05) is 12.4 Å². The van der Waals surface area contributed by atoms with Crippen LogP contribution >= 0.6 is 0 Å². The number of primary amides is 1. The second-order valence-corrected chi connectivity index (χ2v) is 6.31. The van der Waals surface area contributed by atoms with Gasteiger partial charge >= 0.3 is 17.9 Å². The fourth-order valence-corrected chi connectivity index (χ4v) is 2.10. The maximum Gasteiger partial charge on any atom is 0.336 e. The number of aliphatic hydroxyl groups is 5. The van der Waals surface area contributed by atoms with Crippen molar-refractivity contribution in [1.82, 2.24) is 4.98 Å². The zero-order valence-electron chi connectivity index (χ0n) is 16.4. The van der Waals surface area contributed by atoms with Gasteiger partial charge in [-0.1, -0.05) is 0 Å². The molecule has 2 rings (SSSR count). The topological polar surface area (TPSA) is 278 Å². The maximum atomic E-state index is 10.4. The predicted octanol–water partition coefficient (Wildman–Crippen LogP) is -3.65. The summed E-state index contributed by atoms with van der Waals surface area (Å²) in [6, 6.07) is 3.29. The van der Waals surface area contributed by atoms with Crippen molar-refractivity contribution in [1.29, 1.82) is 0 Å². The summed E-state index contributed by atoms with van der Waals surface area (Å²) in [5.74, 6) is -5.46. The molecule has 0 aromatic carbocycles. The molecule has 0 radical (unpaired) electrons. The monoisotopic (exact) mass is 464 g/mol. The van der Waals surface area contributed by atoms with Gasteiger partial charge in [-0.05, 0) is 12.1 Å². The van der Waals surface area contributed by atoms with Crippen molar-refractivity contribution in [3.63, 3.8) is 0 Å². The normalized spacial score (nSPS) is 21.9. The highest BCUT2D eigenvalue weighted by molar-refractivity contribution is 5.92. The highest BCUT2D eigenvalue weighted by atomic mass is 16.6. The van der Waals surface area contributed by atoms with Crippen molar-refractivity contribution in [2.45, 2.75) is 43.0 Å². The number of aliphatic carboxylic acids is 3. The molecular weight excluding hydrogens is 440 g/mol. The van der Waals surface area contributed by atoms with Crippen LogP contribution in [0.5, 0.6) is 0 Å². The predicted molar refractivity (Wildman–Crippen MR) is 99.8 cm³/mol. The molecule has 1 amide bonds. The maximum absolute atomic E-state index is 10.4. The number of aliphatic hydroxyl groups excluding tert-OH is 4. The van der Waals surface area contributed by atoms with Gasteiger partial charge in [-0.2, -0.15) is 0 Å². The van der Waals surface area contributed by atoms with Crippen LogP contribution in [0.1, 0.15) is 23.2 Å². The van der Waals surface area contributed by atoms with E-state index in [2.05, 4.69) is 9.72 Å². The van der Waals surface area contributed by atoms with Gasteiger partial charge in [0.2, 0.25) is 5.91 Å². The molecule has 0 bridgehead atoms. The van der Waals surface area contributed by atoms with Crippen molar-refractivity contribution >= 4 is 23.8 Å². The second-order valence-electron chi connectivity index (χ2n) is 6.31. The first-order valence-electron chi connectivity index (χ1n) is 8.64. The van der Waals surface area contributed by atoms with Crippen molar-refractivity contribution < 1.29 is 64.8 Å². The molecule has 0 saturated carbocycles. The van der Waals surface area contributed by atoms with E-state index in [9.17, 15) is 19.2 Å². The number of carbonyl (C=O) groups excluding carboxylic acids is 1. The summed E-state index contributed by atoms with van der Waals surface area (Å²) in [4.78, 5) is 44.6. The van der Waals surface area contributed by atoms with Crippen molar-refractivity contribution in [3.05, 3.63) is 30.1 Å². The molecule has 0 unspecified atom stereocenters. The molecular formula is C17H24N2O13. The average molecular weight is 464 g/mol. The van der Waals surface area contributed by atoms with Crippen LogP contribution in [0.25, 0.3) is 0 Å². The van der Waals surface area contributed by atoms with Crippen molar-refractivity contribution in [3.8, 4) is 0 Å². The summed E-state index contributed by atoms with van der Waals surface area (Å²) in [6.45, 7) is -0.407. The lowest BCUT2D eigenvalue weighted by atomic mass is 9.96. The number of nitrogens with two attached hydrogens (primary N) is 1. The molecule has 180 valence electrons. The van der Waals surface area contributed by atoms with Gasteiger partial charge in [0.15, 0.2) is 11.9 Å². The molecule has 4 atom stereocenters. The van der Waals surface area contributed by atoms with Crippen LogP contribution < -0.4 is 5.73 Å². The van der Waals surface area contributed by atoms with E-state index in [-0.39, 0.29) is 0 Å². The third kappa shape index (κ3) is 9.73. The highest BCUT2D eigenvalue weighted by Gasteiger charge is 2.41. The first-order chi connectivity index (χ1) is 14.7. The summed E-state index contributed by atoms with van der Waals surface area (Å²) in [7, 11) is 0. The zero-order valence-corrected chi connectivity index (χ0v) is 16.4. The summed E-state index contributed by atoms with van der Waals surface area (Å²) >= 11 is 0. The molecule has 2 heterocycles. The lowest BCUT2D eigenvalue weighted by Gasteiger charge is -2.18. The number of nitrogens with zero attached hydrogens (tertiary/aromatic N) is 1. The smallest absolute Gasteiger partial charge is 0.336 e. The number of carboxylic acids is 3. The number of hydrogen-bond acceptors (Lipinski definition) is 11. The molecule has 0 spiro atoms. The highest BCUT2D eigenvalue weighted by Crippen LogP contribution is 2.18. The second kappa shape index (κ2) is 13.3. The van der Waals surface area contributed by atoms with E-state index in [4.69, 9.17) is 46.6 Å². The number of carbonyl (C=O) groups is 4. The Kier molecular flexibility index (Phi) is 11.9. The molecule has 1 aliphatic heterocycles. The first-order valence-corrected chi connectivity index (χ1v) is 8.64. The van der Waals surface area contributed by atoms with E-state index in [0.717, 1.165) is 0 Å². The Labute approximate surface area is 179 Å². The Morgan fingerprint density at radius 3 is 1.78 bits per heavy atom. The number of amides is 1. The molecule has 1 saturated heterocycles. The third-order valence-corrected chi connectivity index (χ3v) is 3.75. The van der Waals surface area contributed by atoms with Gasteiger partial charge in [-0.3, -0.25) is 19.4 Å². The van der Waals surface area contributed by atoms with E-state index in [1.165, 1.54) is 6.20 Å². The molecule has 1 aromatic heterocycles. The van der Waals surface area contributed by atoms with Gasteiger partial charge in [0.05, 0.1) is 25.0 Å². The minimum Gasteiger partial charge on any atom is -0.481 e. The lowest BCUT2D eigenvalue weighted by Crippen LogP contribution is -2.42. The average Bonchev–Trinajstić information content (AvgIpc) is 2.95. The van der Waals surface area contributed by atoms with E-state index in [1.54, 1.807) is 18.3 Å². The molecule has 15 nitrogen and oxygen atoms in total. The standard InChI is InChI=1S/C6H6N2O.C6H8O7.C5H10O5/c7-6(9)5-2-1-3-8-4-5;7-3(8)1-6(13,5(11)12)2-4(9)10;6-1-2-3(7)4(8)5(9)10-2/h1-4H,(H2,7,9);13H,1-2H2,(H,7,8)(H,9,10)(H,11,12);2-9H,1H2/t;;2-,3-,4-,5-/m..1/s1. The van der Waals surface area contributed by atoms with Crippen LogP contribution in [0, 0.1) is 0 Å². The summed E-state index contributed by atoms with van der Waals surface area (Å²) in [6.07, 6.45) is -4.02. The first kappa shape index (κ1) is 28.8. The minimum atomic E-state index is -2.74. The van der Waals surface area contributed by atoms with Crippen LogP contribution in [-0.4, -0.2) is 106 Å². The molecule has 32 heavy (non-hydrogen) atoms. The number of carboxylic acid groups (broad SMARTS) is 3. The van der Waals surface area contributed by atoms with Crippen LogP contribution in [-0.2, 0) is 19.1 Å².